The van der Waals surface area contributed by atoms with Gasteiger partial charge in [-0.05, 0) is 39.7 Å². The quantitative estimate of drug-likeness (QED) is 0.314. The zero-order chi connectivity index (χ0) is 20.4. The highest BCUT2D eigenvalue weighted by atomic mass is 79.9. The van der Waals surface area contributed by atoms with Gasteiger partial charge in [-0.25, -0.2) is 0 Å². The van der Waals surface area contributed by atoms with Crippen LogP contribution in [0.5, 0.6) is 5.75 Å². The fourth-order valence-corrected chi connectivity index (χ4v) is 4.30. The highest BCUT2D eigenvalue weighted by Crippen LogP contribution is 2.41. The molecule has 0 aliphatic rings. The molecule has 28 heavy (non-hydrogen) atoms. The van der Waals surface area contributed by atoms with E-state index in [1.165, 1.54) is 18.3 Å². The number of amides is 2. The van der Waals surface area contributed by atoms with Gasteiger partial charge in [0.1, 0.15) is 10.8 Å². The number of halogens is 2. The maximum Gasteiger partial charge on any atom is 0.308 e. The molecule has 0 aliphatic heterocycles. The summed E-state index contributed by atoms with van der Waals surface area (Å²) in [4.78, 5) is 35.9. The van der Waals surface area contributed by atoms with Crippen molar-refractivity contribution in [3.05, 3.63) is 57.6 Å². The number of carbonyl (C=O) groups excluding carboxylic acids is 3. The summed E-state index contributed by atoms with van der Waals surface area (Å²) in [6, 6.07) is 10.1. The fourth-order valence-electron chi connectivity index (χ4n) is 2.58. The minimum Gasteiger partial charge on any atom is -0.425 e. The van der Waals surface area contributed by atoms with Crippen molar-refractivity contribution in [1.82, 2.24) is 0 Å². The van der Waals surface area contributed by atoms with E-state index in [0.717, 1.165) is 5.56 Å². The van der Waals surface area contributed by atoms with E-state index in [-0.39, 0.29) is 11.5 Å². The van der Waals surface area contributed by atoms with Gasteiger partial charge in [0, 0.05) is 34.5 Å². The predicted octanol–water partition coefficient (Wildman–Crippen LogP) is 4.68. The third-order valence-corrected chi connectivity index (χ3v) is 5.84. The molecular weight excluding hydrogens is 468 g/mol. The first-order valence-electron chi connectivity index (χ1n) is 8.00. The monoisotopic (exact) mass is 480 g/mol. The van der Waals surface area contributed by atoms with E-state index in [0.29, 0.717) is 36.8 Å². The van der Waals surface area contributed by atoms with Crippen LogP contribution in [0.2, 0.25) is 0 Å². The topological polar surface area (TPSA) is 98.5 Å². The molecule has 0 fully saturated rings. The van der Waals surface area contributed by atoms with Gasteiger partial charge in [0.15, 0.2) is 0 Å². The van der Waals surface area contributed by atoms with Gasteiger partial charge in [-0.15, -0.1) is 22.9 Å². The molecule has 0 bridgehead atoms. The van der Waals surface area contributed by atoms with E-state index in [2.05, 4.69) is 21.2 Å². The number of rotatable bonds is 5. The molecule has 0 aliphatic carbocycles. The Kier molecular flexibility index (Phi) is 6.02. The Hall–Kier alpha value is -2.42. The van der Waals surface area contributed by atoms with Gasteiger partial charge >= 0.3 is 5.97 Å². The number of nitrogens with one attached hydrogen (secondary N) is 1. The van der Waals surface area contributed by atoms with E-state index in [1.54, 1.807) is 36.4 Å². The van der Waals surface area contributed by atoms with Gasteiger partial charge in [0.05, 0.1) is 10.0 Å². The molecule has 3 rings (SSSR count). The number of hydrogen-bond donors (Lipinski definition) is 2. The average Bonchev–Trinajstić information content (AvgIpc) is 2.98. The second kappa shape index (κ2) is 8.30. The lowest BCUT2D eigenvalue weighted by Gasteiger charge is -2.06. The second-order valence-corrected chi connectivity index (χ2v) is 8.00. The summed E-state index contributed by atoms with van der Waals surface area (Å²) < 4.78 is 6.27. The summed E-state index contributed by atoms with van der Waals surface area (Å²) in [5.74, 6) is -0.864. The number of primary amides is 1. The third kappa shape index (κ3) is 4.19. The molecule has 0 saturated heterocycles. The molecule has 0 radical (unpaired) electrons. The van der Waals surface area contributed by atoms with Gasteiger partial charge < -0.3 is 15.8 Å². The van der Waals surface area contributed by atoms with E-state index in [1.807, 2.05) is 0 Å². The number of hydrogen-bond acceptors (Lipinski definition) is 5. The molecule has 2 aromatic carbocycles. The first kappa shape index (κ1) is 20.3. The zero-order valence-electron chi connectivity index (χ0n) is 14.5. The largest absolute Gasteiger partial charge is 0.425 e. The SMILES string of the molecule is CC(=O)Oc1cc2sc(NC(=O)c3ccc(CCl)cc3)c(C(N)=O)c2cc1Br. The molecule has 0 saturated carbocycles. The summed E-state index contributed by atoms with van der Waals surface area (Å²) in [7, 11) is 0. The van der Waals surface area contributed by atoms with Crippen LogP contribution in [0, 0.1) is 0 Å². The van der Waals surface area contributed by atoms with E-state index < -0.39 is 11.9 Å². The predicted molar refractivity (Wildman–Crippen MR) is 113 cm³/mol. The first-order valence-corrected chi connectivity index (χ1v) is 10.1. The minimum atomic E-state index is -0.675. The van der Waals surface area contributed by atoms with Crippen LogP contribution < -0.4 is 15.8 Å². The summed E-state index contributed by atoms with van der Waals surface area (Å²) in [6.45, 7) is 1.29. The maximum absolute atomic E-state index is 12.6. The number of nitrogens with two attached hydrogens (primary N) is 1. The van der Waals surface area contributed by atoms with Crippen molar-refractivity contribution >= 4 is 71.7 Å². The second-order valence-electron chi connectivity index (χ2n) is 5.83. The smallest absolute Gasteiger partial charge is 0.308 e. The fraction of sp³-hybridized carbons (Fsp3) is 0.105. The molecule has 3 aromatic rings. The molecule has 0 atom stereocenters. The number of carbonyl (C=O) groups is 3. The highest BCUT2D eigenvalue weighted by molar-refractivity contribution is 9.10. The lowest BCUT2D eigenvalue weighted by atomic mass is 10.1. The highest BCUT2D eigenvalue weighted by Gasteiger charge is 2.21. The molecule has 3 N–H and O–H groups in total. The minimum absolute atomic E-state index is 0.195. The molecule has 2 amide bonds. The lowest BCUT2D eigenvalue weighted by molar-refractivity contribution is -0.131. The Morgan fingerprint density at radius 3 is 2.46 bits per heavy atom. The number of ether oxygens (including phenoxy) is 1. The molecule has 6 nitrogen and oxygen atoms in total. The van der Waals surface area contributed by atoms with Crippen molar-refractivity contribution in [1.29, 1.82) is 0 Å². The van der Waals surface area contributed by atoms with Crippen LogP contribution in [-0.4, -0.2) is 17.8 Å². The van der Waals surface area contributed by atoms with Gasteiger partial charge in [0.2, 0.25) is 0 Å². The van der Waals surface area contributed by atoms with Crippen molar-refractivity contribution in [3.63, 3.8) is 0 Å². The third-order valence-electron chi connectivity index (χ3n) is 3.84. The number of thiophene rings is 1. The zero-order valence-corrected chi connectivity index (χ0v) is 17.7. The van der Waals surface area contributed by atoms with Crippen molar-refractivity contribution in [3.8, 4) is 5.75 Å². The number of alkyl halides is 1. The van der Waals surface area contributed by atoms with Crippen molar-refractivity contribution < 1.29 is 19.1 Å². The van der Waals surface area contributed by atoms with Crippen LogP contribution in [0.4, 0.5) is 5.00 Å². The van der Waals surface area contributed by atoms with Crippen LogP contribution in [0.3, 0.4) is 0 Å². The molecule has 9 heteroatoms. The lowest BCUT2D eigenvalue weighted by Crippen LogP contribution is -2.16. The molecule has 144 valence electrons. The average molecular weight is 482 g/mol. The molecular formula is C19H14BrClN2O4S. The summed E-state index contributed by atoms with van der Waals surface area (Å²) in [5, 5.41) is 3.61. The number of fused-ring (bicyclic) bond motifs is 1. The van der Waals surface area contributed by atoms with Crippen LogP contribution in [-0.2, 0) is 10.7 Å². The van der Waals surface area contributed by atoms with Gasteiger partial charge in [-0.3, -0.25) is 14.4 Å². The standard InChI is InChI=1S/C19H14BrClN2O4S/c1-9(24)27-14-7-15-12(6-13(14)20)16(17(22)25)19(28-15)23-18(26)11-4-2-10(8-21)3-5-11/h2-7H,8H2,1H3,(H2,22,25)(H,23,26). The van der Waals surface area contributed by atoms with Gasteiger partial charge in [-0.1, -0.05) is 12.1 Å². The first-order chi connectivity index (χ1) is 13.3. The number of anilines is 1. The Morgan fingerprint density at radius 2 is 1.89 bits per heavy atom. The Labute approximate surface area is 177 Å². The molecule has 0 unspecified atom stereocenters. The number of benzene rings is 2. The van der Waals surface area contributed by atoms with Gasteiger partial charge in [0.25, 0.3) is 11.8 Å². The van der Waals surface area contributed by atoms with E-state index in [9.17, 15) is 14.4 Å². The Morgan fingerprint density at radius 1 is 1.21 bits per heavy atom. The Balaban J connectivity index is 2.01. The van der Waals surface area contributed by atoms with Gasteiger partial charge in [-0.2, -0.15) is 0 Å². The van der Waals surface area contributed by atoms with Crippen LogP contribution >= 0.6 is 38.9 Å². The van der Waals surface area contributed by atoms with E-state index in [4.69, 9.17) is 22.1 Å². The summed E-state index contributed by atoms with van der Waals surface area (Å²) in [5.41, 5.74) is 7.05. The molecule has 1 heterocycles. The molecule has 1 aromatic heterocycles. The van der Waals surface area contributed by atoms with Crippen molar-refractivity contribution in [2.24, 2.45) is 5.73 Å². The maximum atomic E-state index is 12.6. The van der Waals surface area contributed by atoms with E-state index >= 15 is 0 Å². The Bertz CT molecular complexity index is 1100. The summed E-state index contributed by atoms with van der Waals surface area (Å²) >= 11 is 10.2. The summed E-state index contributed by atoms with van der Waals surface area (Å²) in [6.07, 6.45) is 0. The van der Waals surface area contributed by atoms with Crippen molar-refractivity contribution in [2.45, 2.75) is 12.8 Å². The van der Waals surface area contributed by atoms with Crippen LogP contribution in [0.25, 0.3) is 10.1 Å². The normalized spacial score (nSPS) is 10.7. The van der Waals surface area contributed by atoms with Crippen LogP contribution in [0.1, 0.15) is 33.2 Å². The van der Waals surface area contributed by atoms with Crippen LogP contribution in [0.15, 0.2) is 40.9 Å². The molecule has 0 spiro atoms. The van der Waals surface area contributed by atoms with Crippen molar-refractivity contribution in [2.75, 3.05) is 5.32 Å². The number of esters is 1.